The number of rotatable bonds is 5. The summed E-state index contributed by atoms with van der Waals surface area (Å²) in [6.45, 7) is 12.2. The van der Waals surface area contributed by atoms with Crippen molar-refractivity contribution in [3.8, 4) is 0 Å². The van der Waals surface area contributed by atoms with Gasteiger partial charge >= 0.3 is 0 Å². The molecule has 0 aromatic carbocycles. The Kier molecular flexibility index (Phi) is 5.82. The van der Waals surface area contributed by atoms with Gasteiger partial charge in [0.15, 0.2) is 5.78 Å². The maximum Gasteiger partial charge on any atom is 0.165 e. The van der Waals surface area contributed by atoms with Crippen LogP contribution < -0.4 is 0 Å². The van der Waals surface area contributed by atoms with Crippen LogP contribution in [0, 0.1) is 46.3 Å². The van der Waals surface area contributed by atoms with E-state index in [2.05, 4.69) is 40.7 Å². The molecule has 3 saturated carbocycles. The van der Waals surface area contributed by atoms with Gasteiger partial charge < -0.3 is 5.11 Å². The Hall–Kier alpha value is -0.630. The van der Waals surface area contributed by atoms with Crippen LogP contribution in [0.5, 0.6) is 0 Å². The zero-order valence-corrected chi connectivity index (χ0v) is 19.5. The number of aliphatic hydroxyl groups is 1. The first-order valence-corrected chi connectivity index (χ1v) is 12.6. The maximum absolute atomic E-state index is 12.1. The first kappa shape index (κ1) is 21.6. The summed E-state index contributed by atoms with van der Waals surface area (Å²) < 4.78 is 0. The van der Waals surface area contributed by atoms with Gasteiger partial charge in [0, 0.05) is 6.42 Å². The molecule has 0 amide bonds. The largest absolute Gasteiger partial charge is 0.381 e. The summed E-state index contributed by atoms with van der Waals surface area (Å²) in [7, 11) is 0. The summed E-state index contributed by atoms with van der Waals surface area (Å²) in [4.78, 5) is 12.1. The van der Waals surface area contributed by atoms with E-state index >= 15 is 0 Å². The van der Waals surface area contributed by atoms with Crippen LogP contribution in [0.3, 0.4) is 0 Å². The minimum atomic E-state index is -0.819. The third-order valence-corrected chi connectivity index (χ3v) is 10.2. The molecule has 0 aromatic rings. The molecule has 4 aliphatic rings. The van der Waals surface area contributed by atoms with Crippen molar-refractivity contribution in [2.75, 3.05) is 0 Å². The highest BCUT2D eigenvalue weighted by Gasteiger charge is 2.60. The van der Waals surface area contributed by atoms with Gasteiger partial charge in [0.1, 0.15) is 6.10 Å². The van der Waals surface area contributed by atoms with Crippen LogP contribution in [0.4, 0.5) is 0 Å². The Labute approximate surface area is 178 Å². The van der Waals surface area contributed by atoms with Gasteiger partial charge in [0.05, 0.1) is 0 Å². The second-order valence-corrected chi connectivity index (χ2v) is 12.1. The summed E-state index contributed by atoms with van der Waals surface area (Å²) in [6, 6.07) is 0. The van der Waals surface area contributed by atoms with Crippen molar-refractivity contribution < 1.29 is 9.90 Å². The second kappa shape index (κ2) is 7.81. The molecule has 0 aliphatic heterocycles. The lowest BCUT2D eigenvalue weighted by Crippen LogP contribution is -2.53. The standard InChI is InChI=1S/C27H44O2/c1-17(2)7-6-8-18(3)20-11-12-21-19-9-10-23-25(29)24(28)14-16-27(23,5)22(19)13-15-26(20,21)4/h10,17-22,25,29H,6-9,11-16H2,1-5H3/t18-,19+,20?,21+,22+,25-,26-,27-/m1/s1. The Morgan fingerprint density at radius 2 is 1.83 bits per heavy atom. The van der Waals surface area contributed by atoms with E-state index in [0.29, 0.717) is 17.8 Å². The number of fused-ring (bicyclic) bond motifs is 5. The van der Waals surface area contributed by atoms with Crippen LogP contribution in [-0.2, 0) is 4.79 Å². The molecular formula is C27H44O2. The summed E-state index contributed by atoms with van der Waals surface area (Å²) in [5.41, 5.74) is 1.64. The maximum atomic E-state index is 12.1. The molecule has 0 bridgehead atoms. The van der Waals surface area contributed by atoms with Crippen LogP contribution >= 0.6 is 0 Å². The highest BCUT2D eigenvalue weighted by Crippen LogP contribution is 2.67. The van der Waals surface area contributed by atoms with E-state index in [1.807, 2.05) is 0 Å². The van der Waals surface area contributed by atoms with Gasteiger partial charge in [-0.25, -0.2) is 0 Å². The summed E-state index contributed by atoms with van der Waals surface area (Å²) in [6.07, 6.45) is 13.7. The molecule has 164 valence electrons. The van der Waals surface area contributed by atoms with E-state index in [1.165, 1.54) is 44.9 Å². The van der Waals surface area contributed by atoms with Gasteiger partial charge in [-0.3, -0.25) is 4.79 Å². The van der Waals surface area contributed by atoms with E-state index in [1.54, 1.807) is 0 Å². The molecule has 0 radical (unpaired) electrons. The Bertz CT molecular complexity index is 663. The highest BCUT2D eigenvalue weighted by atomic mass is 16.3. The second-order valence-electron chi connectivity index (χ2n) is 12.1. The van der Waals surface area contributed by atoms with E-state index in [-0.39, 0.29) is 11.2 Å². The van der Waals surface area contributed by atoms with Crippen LogP contribution in [0.25, 0.3) is 0 Å². The molecule has 1 unspecified atom stereocenters. The first-order chi connectivity index (χ1) is 13.7. The Morgan fingerprint density at radius 1 is 1.07 bits per heavy atom. The van der Waals surface area contributed by atoms with E-state index in [9.17, 15) is 9.90 Å². The van der Waals surface area contributed by atoms with Crippen molar-refractivity contribution in [1.29, 1.82) is 0 Å². The lowest BCUT2D eigenvalue weighted by atomic mass is 9.46. The lowest BCUT2D eigenvalue weighted by molar-refractivity contribution is -0.132. The molecule has 29 heavy (non-hydrogen) atoms. The van der Waals surface area contributed by atoms with E-state index in [0.717, 1.165) is 48.0 Å². The molecular weight excluding hydrogens is 356 g/mol. The molecule has 4 aliphatic carbocycles. The highest BCUT2D eigenvalue weighted by molar-refractivity contribution is 5.87. The van der Waals surface area contributed by atoms with Crippen molar-refractivity contribution in [1.82, 2.24) is 0 Å². The smallest absolute Gasteiger partial charge is 0.165 e. The quantitative estimate of drug-likeness (QED) is 0.530. The summed E-state index contributed by atoms with van der Waals surface area (Å²) in [5, 5.41) is 10.6. The van der Waals surface area contributed by atoms with E-state index < -0.39 is 6.10 Å². The molecule has 1 N–H and O–H groups in total. The zero-order chi connectivity index (χ0) is 21.0. The zero-order valence-electron chi connectivity index (χ0n) is 19.5. The molecule has 2 nitrogen and oxygen atoms in total. The SMILES string of the molecule is CC(C)CCC[C@@H](C)C1CC[C@H]2[C@@H]3CC=C4[C@@H](O)C(=O)CC[C@]4(C)[C@H]3CC[C@]12C. The molecule has 3 fully saturated rings. The molecule has 8 atom stereocenters. The number of hydrogen-bond acceptors (Lipinski definition) is 2. The Balaban J connectivity index is 1.52. The number of hydrogen-bond donors (Lipinski definition) is 1. The third kappa shape index (κ3) is 3.46. The molecule has 2 heteroatoms. The van der Waals surface area contributed by atoms with Gasteiger partial charge in [0.2, 0.25) is 0 Å². The van der Waals surface area contributed by atoms with Crippen molar-refractivity contribution in [2.45, 2.75) is 105 Å². The third-order valence-electron chi connectivity index (χ3n) is 10.2. The number of carbonyl (C=O) groups excluding carboxylic acids is 1. The molecule has 0 heterocycles. The first-order valence-electron chi connectivity index (χ1n) is 12.6. The monoisotopic (exact) mass is 400 g/mol. The minimum absolute atomic E-state index is 0.0453. The normalized spacial score (nSPS) is 45.4. The van der Waals surface area contributed by atoms with E-state index in [4.69, 9.17) is 0 Å². The summed E-state index contributed by atoms with van der Waals surface area (Å²) in [5.74, 6) is 4.87. The topological polar surface area (TPSA) is 37.3 Å². The average molecular weight is 401 g/mol. The van der Waals surface area contributed by atoms with Gasteiger partial charge in [-0.15, -0.1) is 0 Å². The Morgan fingerprint density at radius 3 is 2.55 bits per heavy atom. The minimum Gasteiger partial charge on any atom is -0.381 e. The number of allylic oxidation sites excluding steroid dienone is 1. The summed E-state index contributed by atoms with van der Waals surface area (Å²) >= 11 is 0. The predicted molar refractivity (Wildman–Crippen MR) is 119 cm³/mol. The average Bonchev–Trinajstić information content (AvgIpc) is 3.02. The molecule has 0 saturated heterocycles. The fourth-order valence-electron chi connectivity index (χ4n) is 8.59. The van der Waals surface area contributed by atoms with Crippen molar-refractivity contribution in [3.05, 3.63) is 11.6 Å². The van der Waals surface area contributed by atoms with Gasteiger partial charge in [0.25, 0.3) is 0 Å². The molecule has 0 aromatic heterocycles. The predicted octanol–water partition coefficient (Wildman–Crippen LogP) is 6.57. The number of aliphatic hydroxyl groups excluding tert-OH is 1. The number of ketones is 1. The fraction of sp³-hybridized carbons (Fsp3) is 0.889. The van der Waals surface area contributed by atoms with Crippen molar-refractivity contribution in [2.24, 2.45) is 46.3 Å². The molecule has 4 rings (SSSR count). The fourth-order valence-corrected chi connectivity index (χ4v) is 8.59. The lowest BCUT2D eigenvalue weighted by Gasteiger charge is -2.58. The van der Waals surface area contributed by atoms with Crippen LogP contribution in [-0.4, -0.2) is 17.0 Å². The number of carbonyl (C=O) groups is 1. The van der Waals surface area contributed by atoms with Gasteiger partial charge in [-0.05, 0) is 90.4 Å². The van der Waals surface area contributed by atoms with Crippen LogP contribution in [0.2, 0.25) is 0 Å². The van der Waals surface area contributed by atoms with Gasteiger partial charge in [-0.2, -0.15) is 0 Å². The van der Waals surface area contributed by atoms with Crippen molar-refractivity contribution in [3.63, 3.8) is 0 Å². The van der Waals surface area contributed by atoms with Crippen LogP contribution in [0.1, 0.15) is 98.8 Å². The number of Topliss-reactive ketones (excluding diaryl/α,β-unsaturated/α-hetero) is 1. The molecule has 0 spiro atoms. The van der Waals surface area contributed by atoms with Crippen LogP contribution in [0.15, 0.2) is 11.6 Å². The van der Waals surface area contributed by atoms with Crippen molar-refractivity contribution >= 4 is 5.78 Å². The van der Waals surface area contributed by atoms with Gasteiger partial charge in [-0.1, -0.05) is 60.0 Å².